The number of nitrogens with zero attached hydrogens (tertiary/aromatic N) is 2. The van der Waals surface area contributed by atoms with Gasteiger partial charge in [-0.1, -0.05) is 6.92 Å². The van der Waals surface area contributed by atoms with Crippen LogP contribution in [0.5, 0.6) is 5.75 Å². The van der Waals surface area contributed by atoms with E-state index in [0.29, 0.717) is 24.5 Å². The third-order valence-electron chi connectivity index (χ3n) is 3.08. The molecule has 0 aliphatic heterocycles. The summed E-state index contributed by atoms with van der Waals surface area (Å²) in [6.07, 6.45) is 0.571. The van der Waals surface area contributed by atoms with E-state index >= 15 is 0 Å². The zero-order valence-corrected chi connectivity index (χ0v) is 14.8. The molecule has 0 fully saturated rings. The summed E-state index contributed by atoms with van der Waals surface area (Å²) in [7, 11) is 1.55. The summed E-state index contributed by atoms with van der Waals surface area (Å²) < 4.78 is 10.5. The van der Waals surface area contributed by atoms with Crippen LogP contribution in [0, 0.1) is 0 Å². The van der Waals surface area contributed by atoms with Gasteiger partial charge in [0.15, 0.2) is 5.75 Å². The molecule has 1 aromatic rings. The number of ether oxygens (including phenoxy) is 2. The Labute approximate surface area is 141 Å². The molecule has 0 bridgehead atoms. The average molecular weight is 339 g/mol. The number of nitrogens with one attached hydrogen (secondary N) is 1. The summed E-state index contributed by atoms with van der Waals surface area (Å²) in [4.78, 5) is 28.6. The van der Waals surface area contributed by atoms with E-state index in [1.807, 2.05) is 0 Å². The quantitative estimate of drug-likeness (QED) is 0.741. The van der Waals surface area contributed by atoms with Gasteiger partial charge in [-0.15, -0.1) is 0 Å². The zero-order chi connectivity index (χ0) is 18.3. The van der Waals surface area contributed by atoms with E-state index in [0.717, 1.165) is 0 Å². The molecule has 0 saturated carbocycles. The Morgan fingerprint density at radius 3 is 2.50 bits per heavy atom. The number of pyridine rings is 1. The molecule has 2 N–H and O–H groups in total. The van der Waals surface area contributed by atoms with Gasteiger partial charge in [0.25, 0.3) is 0 Å². The highest BCUT2D eigenvalue weighted by molar-refractivity contribution is 5.93. The Bertz CT molecular complexity index is 584. The lowest BCUT2D eigenvalue weighted by molar-refractivity contribution is -0.115. The molecule has 0 aromatic carbocycles. The number of anilines is 2. The van der Waals surface area contributed by atoms with Crippen LogP contribution in [0.3, 0.4) is 0 Å². The molecule has 8 nitrogen and oxygen atoms in total. The molecule has 2 amide bonds. The molecule has 0 atom stereocenters. The normalized spacial score (nSPS) is 11.0. The van der Waals surface area contributed by atoms with Crippen molar-refractivity contribution in [2.45, 2.75) is 39.7 Å². The average Bonchev–Trinajstić information content (AvgIpc) is 2.47. The van der Waals surface area contributed by atoms with Crippen molar-refractivity contribution >= 4 is 23.5 Å². The summed E-state index contributed by atoms with van der Waals surface area (Å²) in [6.45, 7) is 7.64. The molecule has 0 saturated heterocycles. The van der Waals surface area contributed by atoms with Gasteiger partial charge in [-0.3, -0.25) is 9.69 Å². The van der Waals surface area contributed by atoms with Crippen LogP contribution in [-0.2, 0) is 9.53 Å². The van der Waals surface area contributed by atoms with Crippen LogP contribution < -0.4 is 15.0 Å². The van der Waals surface area contributed by atoms with Gasteiger partial charge in [0.1, 0.15) is 12.4 Å². The number of hydrogen-bond donors (Lipinski definition) is 2. The van der Waals surface area contributed by atoms with Crippen molar-refractivity contribution in [2.24, 2.45) is 0 Å². The summed E-state index contributed by atoms with van der Waals surface area (Å²) >= 11 is 0. The van der Waals surface area contributed by atoms with Gasteiger partial charge < -0.3 is 19.9 Å². The maximum Gasteiger partial charge on any atom is 0.412 e. The number of carbonyl (C=O) groups is 2. The highest BCUT2D eigenvalue weighted by Crippen LogP contribution is 2.34. The lowest BCUT2D eigenvalue weighted by Crippen LogP contribution is -2.45. The van der Waals surface area contributed by atoms with E-state index < -0.39 is 11.6 Å². The first-order chi connectivity index (χ1) is 11.2. The summed E-state index contributed by atoms with van der Waals surface area (Å²) in [6, 6.07) is 1.50. The number of rotatable bonds is 7. The second-order valence-corrected chi connectivity index (χ2v) is 6.07. The van der Waals surface area contributed by atoms with Crippen LogP contribution in [0.15, 0.2) is 12.3 Å². The van der Waals surface area contributed by atoms with Crippen LogP contribution in [0.1, 0.15) is 34.1 Å². The molecule has 1 heterocycles. The topological polar surface area (TPSA) is 101 Å². The molecule has 134 valence electrons. The van der Waals surface area contributed by atoms with Gasteiger partial charge in [-0.2, -0.15) is 0 Å². The van der Waals surface area contributed by atoms with E-state index in [-0.39, 0.29) is 18.3 Å². The second-order valence-electron chi connectivity index (χ2n) is 6.07. The number of methoxy groups -OCH3 is 1. The van der Waals surface area contributed by atoms with Crippen molar-refractivity contribution in [3.63, 3.8) is 0 Å². The van der Waals surface area contributed by atoms with Gasteiger partial charge >= 0.3 is 6.09 Å². The molecule has 24 heavy (non-hydrogen) atoms. The summed E-state index contributed by atoms with van der Waals surface area (Å²) in [5.41, 5.74) is -0.397. The predicted molar refractivity (Wildman–Crippen MR) is 90.8 cm³/mol. The van der Waals surface area contributed by atoms with Crippen LogP contribution >= 0.6 is 0 Å². The minimum atomic E-state index is -1.13. The molecular weight excluding hydrogens is 314 g/mol. The highest BCUT2D eigenvalue weighted by Gasteiger charge is 2.31. The molecule has 1 rings (SSSR count). The minimum Gasteiger partial charge on any atom is -0.487 e. The van der Waals surface area contributed by atoms with Crippen molar-refractivity contribution in [3.8, 4) is 5.75 Å². The fourth-order valence-corrected chi connectivity index (χ4v) is 2.00. The SMILES string of the molecule is CCC(=O)Nc1cc(N(C(=O)O)C(C)(C)C)c(OCCOC)cn1. The third kappa shape index (κ3) is 5.38. The Hall–Kier alpha value is -2.35. The largest absolute Gasteiger partial charge is 0.487 e. The maximum atomic E-state index is 11.8. The first-order valence-electron chi connectivity index (χ1n) is 7.65. The molecule has 0 aliphatic rings. The lowest BCUT2D eigenvalue weighted by atomic mass is 10.1. The number of hydrogen-bond acceptors (Lipinski definition) is 5. The van der Waals surface area contributed by atoms with Crippen molar-refractivity contribution in [1.29, 1.82) is 0 Å². The molecule has 1 aromatic heterocycles. The number of amides is 2. The van der Waals surface area contributed by atoms with Crippen molar-refractivity contribution in [3.05, 3.63) is 12.3 Å². The molecule has 0 spiro atoms. The molecule has 0 radical (unpaired) electrons. The lowest BCUT2D eigenvalue weighted by Gasteiger charge is -2.34. The predicted octanol–water partition coefficient (Wildman–Crippen LogP) is 2.74. The maximum absolute atomic E-state index is 11.8. The Balaban J connectivity index is 3.28. The molecule has 8 heteroatoms. The van der Waals surface area contributed by atoms with Gasteiger partial charge in [-0.05, 0) is 20.8 Å². The number of carboxylic acid groups (broad SMARTS) is 1. The fourth-order valence-electron chi connectivity index (χ4n) is 2.00. The fraction of sp³-hybridized carbons (Fsp3) is 0.562. The van der Waals surface area contributed by atoms with Crippen LogP contribution in [0.25, 0.3) is 0 Å². The monoisotopic (exact) mass is 339 g/mol. The van der Waals surface area contributed by atoms with E-state index in [9.17, 15) is 14.7 Å². The van der Waals surface area contributed by atoms with Gasteiger partial charge in [-0.25, -0.2) is 9.78 Å². The Morgan fingerprint density at radius 1 is 1.33 bits per heavy atom. The zero-order valence-electron chi connectivity index (χ0n) is 14.8. The van der Waals surface area contributed by atoms with Crippen LogP contribution in [0.2, 0.25) is 0 Å². The Morgan fingerprint density at radius 2 is 2.00 bits per heavy atom. The minimum absolute atomic E-state index is 0.209. The molecule has 0 unspecified atom stereocenters. The van der Waals surface area contributed by atoms with Gasteiger partial charge in [0.2, 0.25) is 5.91 Å². The first-order valence-corrected chi connectivity index (χ1v) is 7.65. The van der Waals surface area contributed by atoms with Crippen LogP contribution in [0.4, 0.5) is 16.3 Å². The number of aromatic nitrogens is 1. The van der Waals surface area contributed by atoms with Crippen molar-refractivity contribution in [1.82, 2.24) is 4.98 Å². The van der Waals surface area contributed by atoms with Crippen molar-refractivity contribution < 1.29 is 24.2 Å². The van der Waals surface area contributed by atoms with Crippen molar-refractivity contribution in [2.75, 3.05) is 30.5 Å². The summed E-state index contributed by atoms with van der Waals surface area (Å²) in [5.74, 6) is 0.365. The smallest absolute Gasteiger partial charge is 0.412 e. The Kier molecular flexibility index (Phi) is 6.97. The number of carbonyl (C=O) groups excluding carboxylic acids is 1. The molecular formula is C16H25N3O5. The first kappa shape index (κ1) is 19.7. The van der Waals surface area contributed by atoms with Gasteiger partial charge in [0.05, 0.1) is 18.5 Å². The van der Waals surface area contributed by atoms with E-state index in [1.165, 1.54) is 17.2 Å². The van der Waals surface area contributed by atoms with E-state index in [1.54, 1.807) is 34.8 Å². The third-order valence-corrected chi connectivity index (χ3v) is 3.08. The van der Waals surface area contributed by atoms with Gasteiger partial charge in [0, 0.05) is 25.1 Å². The second kappa shape index (κ2) is 8.49. The summed E-state index contributed by atoms with van der Waals surface area (Å²) in [5, 5.41) is 12.2. The van der Waals surface area contributed by atoms with E-state index in [2.05, 4.69) is 10.3 Å². The van der Waals surface area contributed by atoms with Crippen LogP contribution in [-0.4, -0.2) is 48.0 Å². The highest BCUT2D eigenvalue weighted by atomic mass is 16.5. The standard InChI is InChI=1S/C16H25N3O5/c1-6-14(20)18-13-9-11(19(15(21)22)16(2,3)4)12(10-17-13)24-8-7-23-5/h9-10H,6-8H2,1-5H3,(H,21,22)(H,17,18,20). The van der Waals surface area contributed by atoms with E-state index in [4.69, 9.17) is 9.47 Å². The molecule has 0 aliphatic carbocycles.